The second-order valence-corrected chi connectivity index (χ2v) is 4.17. The van der Waals surface area contributed by atoms with Gasteiger partial charge in [-0.05, 0) is 26.1 Å². The lowest BCUT2D eigenvalue weighted by Gasteiger charge is -2.23. The molecular weight excluding hydrogens is 246 g/mol. The van der Waals surface area contributed by atoms with Gasteiger partial charge in [-0.3, -0.25) is 15.0 Å². The summed E-state index contributed by atoms with van der Waals surface area (Å²) in [6.07, 6.45) is 0. The van der Waals surface area contributed by atoms with Gasteiger partial charge in [0.25, 0.3) is 0 Å². The Labute approximate surface area is 112 Å². The summed E-state index contributed by atoms with van der Waals surface area (Å²) in [5.74, 6) is 0.361. The van der Waals surface area contributed by atoms with Crippen LogP contribution < -0.4 is 15.8 Å². The van der Waals surface area contributed by atoms with Crippen LogP contribution in [0.1, 0.15) is 6.92 Å². The fourth-order valence-corrected chi connectivity index (χ4v) is 1.44. The molecule has 1 rings (SSSR count). The number of benzene rings is 1. The van der Waals surface area contributed by atoms with Gasteiger partial charge in [0.05, 0.1) is 6.04 Å². The molecule has 104 valence electrons. The molecule has 3 amide bonds. The highest BCUT2D eigenvalue weighted by atomic mass is 16.5. The number of nitrogens with one attached hydrogen (secondary N) is 1. The average Bonchev–Trinajstić information content (AvgIpc) is 2.38. The van der Waals surface area contributed by atoms with Crippen molar-refractivity contribution in [2.75, 3.05) is 20.2 Å². The maximum Gasteiger partial charge on any atom is 0.318 e. The highest BCUT2D eigenvalue weighted by Crippen LogP contribution is 2.08. The van der Waals surface area contributed by atoms with Crippen LogP contribution in [0.5, 0.6) is 5.75 Å². The Morgan fingerprint density at radius 3 is 2.58 bits per heavy atom. The molecule has 1 atom stereocenters. The smallest absolute Gasteiger partial charge is 0.318 e. The minimum atomic E-state index is -0.842. The van der Waals surface area contributed by atoms with Crippen molar-refractivity contribution < 1.29 is 14.3 Å². The number of primary amides is 1. The molecule has 0 aliphatic carbocycles. The van der Waals surface area contributed by atoms with E-state index in [2.05, 4.69) is 0 Å². The minimum Gasteiger partial charge on any atom is -0.492 e. The molecule has 0 saturated carbocycles. The first-order valence-electron chi connectivity index (χ1n) is 5.99. The van der Waals surface area contributed by atoms with Crippen molar-refractivity contribution in [3.05, 3.63) is 30.3 Å². The molecule has 6 nitrogen and oxygen atoms in total. The molecule has 19 heavy (non-hydrogen) atoms. The van der Waals surface area contributed by atoms with Crippen molar-refractivity contribution in [2.24, 2.45) is 5.73 Å². The number of urea groups is 1. The normalized spacial score (nSPS) is 11.9. The third-order valence-corrected chi connectivity index (χ3v) is 2.74. The summed E-state index contributed by atoms with van der Waals surface area (Å²) in [5.41, 5.74) is 4.89. The fourth-order valence-electron chi connectivity index (χ4n) is 1.44. The monoisotopic (exact) mass is 265 g/mol. The minimum absolute atomic E-state index is 0.422. The third-order valence-electron chi connectivity index (χ3n) is 2.74. The van der Waals surface area contributed by atoms with Gasteiger partial charge in [-0.25, -0.2) is 4.79 Å². The fraction of sp³-hybridized carbons (Fsp3) is 0.385. The lowest BCUT2D eigenvalue weighted by atomic mass is 10.3. The molecule has 0 radical (unpaired) electrons. The third kappa shape index (κ3) is 5.39. The Morgan fingerprint density at radius 2 is 2.00 bits per heavy atom. The molecule has 0 aromatic heterocycles. The Balaban J connectivity index is 2.32. The van der Waals surface area contributed by atoms with Crippen molar-refractivity contribution in [1.82, 2.24) is 10.2 Å². The molecule has 0 spiro atoms. The zero-order valence-electron chi connectivity index (χ0n) is 11.1. The van der Waals surface area contributed by atoms with Gasteiger partial charge in [0, 0.05) is 6.54 Å². The zero-order valence-corrected chi connectivity index (χ0v) is 11.1. The maximum absolute atomic E-state index is 11.5. The van der Waals surface area contributed by atoms with E-state index in [1.807, 2.05) is 35.6 Å². The summed E-state index contributed by atoms with van der Waals surface area (Å²) in [5, 5.41) is 2.05. The van der Waals surface area contributed by atoms with Gasteiger partial charge in [0.15, 0.2) is 0 Å². The summed E-state index contributed by atoms with van der Waals surface area (Å²) in [4.78, 5) is 23.9. The number of nitrogens with two attached hydrogens (primary N) is 1. The number of hydrogen-bond acceptors (Lipinski definition) is 4. The van der Waals surface area contributed by atoms with E-state index in [0.717, 1.165) is 5.75 Å². The van der Waals surface area contributed by atoms with Crippen LogP contribution in [-0.4, -0.2) is 43.1 Å². The highest BCUT2D eigenvalue weighted by molar-refractivity contribution is 5.96. The molecular formula is C13H19N3O3. The van der Waals surface area contributed by atoms with Crippen LogP contribution in [0.3, 0.4) is 0 Å². The zero-order chi connectivity index (χ0) is 14.3. The number of rotatable bonds is 6. The first-order chi connectivity index (χ1) is 9.00. The summed E-state index contributed by atoms with van der Waals surface area (Å²) >= 11 is 0. The molecule has 0 unspecified atom stereocenters. The molecule has 6 heteroatoms. The summed E-state index contributed by atoms with van der Waals surface area (Å²) in [6.45, 7) is 2.71. The second kappa shape index (κ2) is 7.38. The van der Waals surface area contributed by atoms with Gasteiger partial charge >= 0.3 is 6.03 Å². The van der Waals surface area contributed by atoms with E-state index in [0.29, 0.717) is 13.2 Å². The lowest BCUT2D eigenvalue weighted by Crippen LogP contribution is -2.47. The molecule has 0 saturated heterocycles. The van der Waals surface area contributed by atoms with Crippen LogP contribution >= 0.6 is 0 Å². The number of likely N-dealkylation sites (N-methyl/N-ethyl adjacent to an activating group) is 1. The average molecular weight is 265 g/mol. The number of carbonyl (C=O) groups excluding carboxylic acids is 2. The standard InChI is InChI=1S/C13H19N3O3/c1-10(12(17)15-13(14)18)16(2)8-9-19-11-6-4-3-5-7-11/h3-7,10H,8-9H2,1-2H3,(H3,14,15,17,18)/t10-/m0/s1. The van der Waals surface area contributed by atoms with E-state index in [4.69, 9.17) is 10.5 Å². The first-order valence-corrected chi connectivity index (χ1v) is 5.99. The number of ether oxygens (including phenoxy) is 1. The van der Waals surface area contributed by atoms with Gasteiger partial charge in [0.1, 0.15) is 12.4 Å². The van der Waals surface area contributed by atoms with Crippen LogP contribution in [-0.2, 0) is 4.79 Å². The molecule has 0 fully saturated rings. The van der Waals surface area contributed by atoms with Crippen molar-refractivity contribution in [2.45, 2.75) is 13.0 Å². The van der Waals surface area contributed by atoms with Gasteiger partial charge in [-0.15, -0.1) is 0 Å². The van der Waals surface area contributed by atoms with Crippen LogP contribution in [0.2, 0.25) is 0 Å². The SMILES string of the molecule is C[C@@H](C(=O)NC(N)=O)N(C)CCOc1ccccc1. The van der Waals surface area contributed by atoms with Gasteiger partial charge in [-0.1, -0.05) is 18.2 Å². The largest absolute Gasteiger partial charge is 0.492 e. The second-order valence-electron chi connectivity index (χ2n) is 4.17. The Morgan fingerprint density at radius 1 is 1.37 bits per heavy atom. The highest BCUT2D eigenvalue weighted by Gasteiger charge is 2.18. The van der Waals surface area contributed by atoms with E-state index in [9.17, 15) is 9.59 Å². The molecule has 0 heterocycles. The first kappa shape index (κ1) is 15.0. The van der Waals surface area contributed by atoms with E-state index in [1.165, 1.54) is 0 Å². The summed E-state index contributed by atoms with van der Waals surface area (Å²) < 4.78 is 5.52. The number of amides is 3. The topological polar surface area (TPSA) is 84.7 Å². The van der Waals surface area contributed by atoms with Gasteiger partial charge in [0.2, 0.25) is 5.91 Å². The Hall–Kier alpha value is -2.08. The van der Waals surface area contributed by atoms with Gasteiger partial charge in [-0.2, -0.15) is 0 Å². The van der Waals surface area contributed by atoms with Crippen LogP contribution in [0.4, 0.5) is 4.79 Å². The molecule has 1 aromatic rings. The van der Waals surface area contributed by atoms with Gasteiger partial charge < -0.3 is 10.5 Å². The number of para-hydroxylation sites is 1. The van der Waals surface area contributed by atoms with E-state index in [-0.39, 0.29) is 0 Å². The number of hydrogen-bond donors (Lipinski definition) is 2. The van der Waals surface area contributed by atoms with Crippen LogP contribution in [0.25, 0.3) is 0 Å². The van der Waals surface area contributed by atoms with Crippen molar-refractivity contribution in [3.8, 4) is 5.75 Å². The molecule has 0 aliphatic heterocycles. The van der Waals surface area contributed by atoms with Crippen molar-refractivity contribution in [3.63, 3.8) is 0 Å². The van der Waals surface area contributed by atoms with Crippen LogP contribution in [0, 0.1) is 0 Å². The number of nitrogens with zero attached hydrogens (tertiary/aromatic N) is 1. The molecule has 1 aromatic carbocycles. The number of carbonyl (C=O) groups is 2. The Bertz CT molecular complexity index is 422. The molecule has 0 bridgehead atoms. The molecule has 0 aliphatic rings. The summed E-state index contributed by atoms with van der Waals surface area (Å²) in [6, 6.07) is 8.13. The van der Waals surface area contributed by atoms with Crippen LogP contribution in [0.15, 0.2) is 30.3 Å². The Kier molecular flexibility index (Phi) is 5.81. The van der Waals surface area contributed by atoms with E-state index in [1.54, 1.807) is 18.9 Å². The maximum atomic E-state index is 11.5. The van der Waals surface area contributed by atoms with Crippen molar-refractivity contribution in [1.29, 1.82) is 0 Å². The quantitative estimate of drug-likeness (QED) is 0.788. The van der Waals surface area contributed by atoms with E-state index < -0.39 is 18.0 Å². The predicted octanol–water partition coefficient (Wildman–Crippen LogP) is 0.581. The van der Waals surface area contributed by atoms with Crippen molar-refractivity contribution >= 4 is 11.9 Å². The molecule has 3 N–H and O–H groups in total. The van der Waals surface area contributed by atoms with E-state index >= 15 is 0 Å². The lowest BCUT2D eigenvalue weighted by molar-refractivity contribution is -0.124. The summed E-state index contributed by atoms with van der Waals surface area (Å²) in [7, 11) is 1.78. The number of imide groups is 1. The predicted molar refractivity (Wildman–Crippen MR) is 71.8 cm³/mol.